The van der Waals surface area contributed by atoms with E-state index < -0.39 is 15.8 Å². The molecule has 1 rings (SSSR count). The molecule has 0 unspecified atom stereocenters. The summed E-state index contributed by atoms with van der Waals surface area (Å²) < 4.78 is 40.1. The van der Waals surface area contributed by atoms with Gasteiger partial charge in [0.15, 0.2) is 0 Å². The molecule has 0 aliphatic rings. The van der Waals surface area contributed by atoms with Gasteiger partial charge in [-0.3, -0.25) is 0 Å². The Morgan fingerprint density at radius 2 is 1.81 bits per heavy atom. The molecule has 0 radical (unpaired) electrons. The fraction of sp³-hybridized carbons (Fsp3) is 0.571. The van der Waals surface area contributed by atoms with Crippen molar-refractivity contribution in [1.29, 1.82) is 0 Å². The van der Waals surface area contributed by atoms with Crippen LogP contribution in [0.15, 0.2) is 21.5 Å². The minimum atomic E-state index is -3.70. The molecule has 120 valence electrons. The van der Waals surface area contributed by atoms with Crippen LogP contribution in [0.1, 0.15) is 45.4 Å². The average molecular weight is 381 g/mol. The van der Waals surface area contributed by atoms with E-state index in [4.69, 9.17) is 5.73 Å². The Kier molecular flexibility index (Phi) is 7.62. The number of rotatable bonds is 9. The first-order valence-electron chi connectivity index (χ1n) is 7.12. The molecule has 4 nitrogen and oxygen atoms in total. The van der Waals surface area contributed by atoms with Gasteiger partial charge < -0.3 is 5.73 Å². The first-order chi connectivity index (χ1) is 9.88. The lowest BCUT2D eigenvalue weighted by atomic mass is 10.1. The van der Waals surface area contributed by atoms with Gasteiger partial charge in [0.1, 0.15) is 10.7 Å². The van der Waals surface area contributed by atoms with Crippen molar-refractivity contribution >= 4 is 31.6 Å². The summed E-state index contributed by atoms with van der Waals surface area (Å²) in [6.45, 7) is 2.52. The third kappa shape index (κ3) is 5.92. The second kappa shape index (κ2) is 8.70. The smallest absolute Gasteiger partial charge is 0.242 e. The molecule has 0 aliphatic heterocycles. The number of sulfonamides is 1. The molecule has 7 heteroatoms. The molecule has 0 spiro atoms. The van der Waals surface area contributed by atoms with Crippen molar-refractivity contribution in [3.05, 3.63) is 22.4 Å². The van der Waals surface area contributed by atoms with Crippen LogP contribution in [0.5, 0.6) is 0 Å². The maximum absolute atomic E-state index is 13.3. The highest BCUT2D eigenvalue weighted by atomic mass is 79.9. The van der Waals surface area contributed by atoms with Gasteiger partial charge in [-0.2, -0.15) is 0 Å². The van der Waals surface area contributed by atoms with E-state index in [2.05, 4.69) is 27.6 Å². The van der Waals surface area contributed by atoms with E-state index in [1.807, 2.05) is 0 Å². The summed E-state index contributed by atoms with van der Waals surface area (Å²) in [5.74, 6) is -0.581. The van der Waals surface area contributed by atoms with Gasteiger partial charge in [-0.25, -0.2) is 17.5 Å². The molecule has 21 heavy (non-hydrogen) atoms. The van der Waals surface area contributed by atoms with E-state index in [0.717, 1.165) is 25.3 Å². The van der Waals surface area contributed by atoms with Crippen LogP contribution in [-0.2, 0) is 10.0 Å². The SMILES string of the molecule is CCCCCCCCNS(=O)(=O)c1cc(Br)c(F)cc1N. The van der Waals surface area contributed by atoms with Crippen molar-refractivity contribution in [2.75, 3.05) is 12.3 Å². The quantitative estimate of drug-likeness (QED) is 0.505. The number of unbranched alkanes of at least 4 members (excludes halogenated alkanes) is 5. The number of hydrogen-bond acceptors (Lipinski definition) is 3. The Morgan fingerprint density at radius 1 is 1.19 bits per heavy atom. The molecular formula is C14H22BrFN2O2S. The fourth-order valence-electron chi connectivity index (χ4n) is 1.97. The number of nitrogens with two attached hydrogens (primary N) is 1. The highest BCUT2D eigenvalue weighted by Gasteiger charge is 2.19. The predicted molar refractivity (Wildman–Crippen MR) is 87.1 cm³/mol. The molecule has 0 aromatic heterocycles. The molecule has 0 atom stereocenters. The Morgan fingerprint density at radius 3 is 2.48 bits per heavy atom. The van der Waals surface area contributed by atoms with E-state index >= 15 is 0 Å². The summed E-state index contributed by atoms with van der Waals surface area (Å²) >= 11 is 2.97. The Balaban J connectivity index is 2.53. The van der Waals surface area contributed by atoms with Crippen LogP contribution in [0.4, 0.5) is 10.1 Å². The van der Waals surface area contributed by atoms with Gasteiger partial charge in [0.25, 0.3) is 0 Å². The largest absolute Gasteiger partial charge is 0.398 e. The number of anilines is 1. The molecule has 0 amide bonds. The summed E-state index contributed by atoms with van der Waals surface area (Å²) in [6, 6.07) is 2.19. The van der Waals surface area contributed by atoms with Crippen LogP contribution in [0, 0.1) is 5.82 Å². The molecule has 0 bridgehead atoms. The van der Waals surface area contributed by atoms with Crippen molar-refractivity contribution < 1.29 is 12.8 Å². The molecule has 0 saturated heterocycles. The van der Waals surface area contributed by atoms with Crippen LogP contribution >= 0.6 is 15.9 Å². The van der Waals surface area contributed by atoms with Crippen molar-refractivity contribution in [1.82, 2.24) is 4.72 Å². The summed E-state index contributed by atoms with van der Waals surface area (Å²) in [5.41, 5.74) is 5.49. The van der Waals surface area contributed by atoms with Crippen molar-refractivity contribution in [3.8, 4) is 0 Å². The third-order valence-electron chi connectivity index (χ3n) is 3.16. The van der Waals surface area contributed by atoms with Gasteiger partial charge in [-0.1, -0.05) is 39.0 Å². The molecule has 0 aliphatic carbocycles. The second-order valence-electron chi connectivity index (χ2n) is 4.97. The van der Waals surface area contributed by atoms with E-state index in [-0.39, 0.29) is 15.1 Å². The normalized spacial score (nSPS) is 11.8. The maximum atomic E-state index is 13.3. The van der Waals surface area contributed by atoms with Crippen molar-refractivity contribution in [2.45, 2.75) is 50.3 Å². The van der Waals surface area contributed by atoms with Crippen LogP contribution in [0.2, 0.25) is 0 Å². The minimum absolute atomic E-state index is 0.0802. The van der Waals surface area contributed by atoms with Gasteiger partial charge in [0, 0.05) is 6.54 Å². The van der Waals surface area contributed by atoms with E-state index in [0.29, 0.717) is 6.54 Å². The molecule has 1 aromatic rings. The second-order valence-corrected chi connectivity index (χ2v) is 7.56. The molecule has 3 N–H and O–H groups in total. The zero-order valence-electron chi connectivity index (χ0n) is 12.2. The van der Waals surface area contributed by atoms with Crippen LogP contribution in [-0.4, -0.2) is 15.0 Å². The van der Waals surface area contributed by atoms with Crippen LogP contribution in [0.25, 0.3) is 0 Å². The van der Waals surface area contributed by atoms with E-state index in [1.165, 1.54) is 25.3 Å². The molecule has 0 saturated carbocycles. The van der Waals surface area contributed by atoms with E-state index in [1.54, 1.807) is 0 Å². The standard InChI is InChI=1S/C14H22BrFN2O2S/c1-2-3-4-5-6-7-8-18-21(19,20)14-9-11(15)12(16)10-13(14)17/h9-10,18H,2-8,17H2,1H3. The van der Waals surface area contributed by atoms with Crippen LogP contribution < -0.4 is 10.5 Å². The lowest BCUT2D eigenvalue weighted by Crippen LogP contribution is -2.25. The lowest BCUT2D eigenvalue weighted by molar-refractivity contribution is 0.567. The molecule has 0 fully saturated rings. The van der Waals surface area contributed by atoms with Gasteiger partial charge in [-0.15, -0.1) is 0 Å². The zero-order chi connectivity index (χ0) is 15.9. The van der Waals surface area contributed by atoms with Crippen molar-refractivity contribution in [2.24, 2.45) is 0 Å². The third-order valence-corrected chi connectivity index (χ3v) is 5.29. The maximum Gasteiger partial charge on any atom is 0.242 e. The van der Waals surface area contributed by atoms with Gasteiger partial charge in [0.05, 0.1) is 10.2 Å². The topological polar surface area (TPSA) is 72.2 Å². The minimum Gasteiger partial charge on any atom is -0.398 e. The van der Waals surface area contributed by atoms with Gasteiger partial charge >= 0.3 is 0 Å². The first-order valence-corrected chi connectivity index (χ1v) is 9.40. The molecular weight excluding hydrogens is 359 g/mol. The Labute approximate surface area is 134 Å². The summed E-state index contributed by atoms with van der Waals surface area (Å²) in [4.78, 5) is -0.0956. The Bertz CT molecular complexity index is 564. The number of nitrogens with one attached hydrogen (secondary N) is 1. The average Bonchev–Trinajstić information content (AvgIpc) is 2.41. The van der Waals surface area contributed by atoms with Crippen molar-refractivity contribution in [3.63, 3.8) is 0 Å². The highest BCUT2D eigenvalue weighted by molar-refractivity contribution is 9.10. The summed E-state index contributed by atoms with van der Waals surface area (Å²) in [6.07, 6.45) is 6.47. The number of nitrogen functional groups attached to an aromatic ring is 1. The fourth-order valence-corrected chi connectivity index (χ4v) is 3.67. The predicted octanol–water partition coefficient (Wildman–Crippen LogP) is 3.81. The summed E-state index contributed by atoms with van der Waals surface area (Å²) in [7, 11) is -3.70. The highest BCUT2D eigenvalue weighted by Crippen LogP contribution is 2.25. The lowest BCUT2D eigenvalue weighted by Gasteiger charge is -2.10. The number of halogens is 2. The Hall–Kier alpha value is -0.660. The van der Waals surface area contributed by atoms with E-state index in [9.17, 15) is 12.8 Å². The molecule has 1 aromatic carbocycles. The van der Waals surface area contributed by atoms with Crippen LogP contribution in [0.3, 0.4) is 0 Å². The monoisotopic (exact) mass is 380 g/mol. The van der Waals surface area contributed by atoms with Gasteiger partial charge in [0.2, 0.25) is 10.0 Å². The number of hydrogen-bond donors (Lipinski definition) is 2. The molecule has 0 heterocycles. The number of benzene rings is 1. The summed E-state index contributed by atoms with van der Waals surface area (Å²) in [5, 5.41) is 0. The first kappa shape index (κ1) is 18.4. The van der Waals surface area contributed by atoms with Gasteiger partial charge in [-0.05, 0) is 34.5 Å². The zero-order valence-corrected chi connectivity index (χ0v) is 14.6.